The van der Waals surface area contributed by atoms with Crippen LogP contribution in [-0.4, -0.2) is 16.2 Å². The Labute approximate surface area is 129 Å². The van der Waals surface area contributed by atoms with Crippen LogP contribution >= 0.6 is 7.68 Å². The van der Waals surface area contributed by atoms with E-state index < -0.39 is 18.8 Å². The summed E-state index contributed by atoms with van der Waals surface area (Å²) in [7, 11) is -2.93. The molecule has 1 unspecified atom stereocenters. The highest BCUT2D eigenvalue weighted by Gasteiger charge is 2.43. The van der Waals surface area contributed by atoms with Crippen LogP contribution in [-0.2, 0) is 13.9 Å². The van der Waals surface area contributed by atoms with Crippen molar-refractivity contribution < 1.29 is 19.0 Å². The first-order chi connectivity index (χ1) is 10.0. The van der Waals surface area contributed by atoms with E-state index in [1.54, 1.807) is 0 Å². The minimum absolute atomic E-state index is 0.244. The first kappa shape index (κ1) is 20.4. The lowest BCUT2D eigenvalue weighted by molar-refractivity contribution is -0.140. The maximum Gasteiger partial charge on any atom is 0.333 e. The smallest absolute Gasteiger partial charge is 0.333 e. The van der Waals surface area contributed by atoms with Crippen molar-refractivity contribution in [1.82, 2.24) is 0 Å². The number of hydrogen-bond donors (Lipinski definition) is 1. The fourth-order valence-corrected chi connectivity index (χ4v) is 3.46. The van der Waals surface area contributed by atoms with Gasteiger partial charge in [0.15, 0.2) is 5.16 Å². The molecule has 0 spiro atoms. The van der Waals surface area contributed by atoms with Gasteiger partial charge in [-0.1, -0.05) is 78.1 Å². The normalized spacial score (nSPS) is 13.8. The first-order valence-corrected chi connectivity index (χ1v) is 9.57. The summed E-state index contributed by atoms with van der Waals surface area (Å²) in [5.41, 5.74) is 0. The summed E-state index contributed by atoms with van der Waals surface area (Å²) in [4.78, 5) is 11.4. The zero-order valence-corrected chi connectivity index (χ0v) is 14.5. The Morgan fingerprint density at radius 2 is 1.24 bits per heavy atom. The van der Waals surface area contributed by atoms with Gasteiger partial charge in [-0.05, 0) is 12.8 Å². The second-order valence-corrected chi connectivity index (χ2v) is 7.29. The number of rotatable bonds is 14. The Balaban J connectivity index is 4.16. The lowest BCUT2D eigenvalue weighted by atomic mass is 9.94. The maximum atomic E-state index is 11.5. The molecule has 0 saturated carbocycles. The Morgan fingerprint density at radius 1 is 0.810 bits per heavy atom. The third-order valence-corrected chi connectivity index (χ3v) is 5.47. The fraction of sp³-hybridized carbons (Fsp3) is 0.938. The van der Waals surface area contributed by atoms with Crippen LogP contribution in [0.5, 0.6) is 0 Å². The summed E-state index contributed by atoms with van der Waals surface area (Å²) >= 11 is 0. The van der Waals surface area contributed by atoms with Crippen molar-refractivity contribution in [3.05, 3.63) is 0 Å². The van der Waals surface area contributed by atoms with E-state index in [1.165, 1.54) is 32.1 Å². The van der Waals surface area contributed by atoms with Crippen LogP contribution in [0.1, 0.15) is 90.9 Å². The van der Waals surface area contributed by atoms with E-state index in [0.717, 1.165) is 19.3 Å². The maximum absolute atomic E-state index is 11.5. The van der Waals surface area contributed by atoms with Crippen molar-refractivity contribution in [3.8, 4) is 0 Å². The molecule has 0 heterocycles. The zero-order chi connectivity index (χ0) is 16.1. The summed E-state index contributed by atoms with van der Waals surface area (Å²) in [5.74, 6) is -1.17. The SMILES string of the molecule is CCCCCCCCCCC(CCCC)(C(=O)O)P(=O)=O. The summed E-state index contributed by atoms with van der Waals surface area (Å²) < 4.78 is 22.9. The zero-order valence-electron chi connectivity index (χ0n) is 13.6. The molecule has 0 fully saturated rings. The molecule has 4 nitrogen and oxygen atoms in total. The molecule has 1 N–H and O–H groups in total. The Bertz CT molecular complexity index is 344. The molecule has 0 aromatic carbocycles. The minimum Gasteiger partial charge on any atom is -0.480 e. The first-order valence-electron chi connectivity index (χ1n) is 8.39. The van der Waals surface area contributed by atoms with E-state index in [1.807, 2.05) is 6.92 Å². The van der Waals surface area contributed by atoms with Crippen molar-refractivity contribution >= 4 is 13.6 Å². The van der Waals surface area contributed by atoms with Gasteiger partial charge in [-0.15, -0.1) is 0 Å². The van der Waals surface area contributed by atoms with Gasteiger partial charge in [-0.25, -0.2) is 9.13 Å². The molecule has 0 saturated heterocycles. The van der Waals surface area contributed by atoms with Crippen molar-refractivity contribution in [2.24, 2.45) is 0 Å². The highest BCUT2D eigenvalue weighted by Crippen LogP contribution is 2.39. The second kappa shape index (κ2) is 12.0. The summed E-state index contributed by atoms with van der Waals surface area (Å²) in [6, 6.07) is 0. The average Bonchev–Trinajstić information content (AvgIpc) is 2.44. The molecule has 0 aromatic heterocycles. The number of aliphatic carboxylic acids is 1. The topological polar surface area (TPSA) is 71.4 Å². The molecule has 0 aromatic rings. The van der Waals surface area contributed by atoms with Gasteiger partial charge in [0.05, 0.1) is 0 Å². The summed E-state index contributed by atoms with van der Waals surface area (Å²) in [6.45, 7) is 4.13. The standard InChI is InChI=1S/C16H31O4P/c1-3-5-7-8-9-10-11-12-14-16(15(17)18,21(19)20)13-6-4-2/h3-14H2,1-2H3,(H,17,18). The van der Waals surface area contributed by atoms with Crippen molar-refractivity contribution in [2.75, 3.05) is 0 Å². The van der Waals surface area contributed by atoms with E-state index in [0.29, 0.717) is 12.8 Å². The molecule has 0 radical (unpaired) electrons. The molecule has 1 atom stereocenters. The monoisotopic (exact) mass is 318 g/mol. The molecule has 0 bridgehead atoms. The Hall–Kier alpha value is -0.630. The van der Waals surface area contributed by atoms with Crippen LogP contribution in [0.25, 0.3) is 0 Å². The number of carbonyl (C=O) groups is 1. The van der Waals surface area contributed by atoms with Crippen LogP contribution in [0.4, 0.5) is 0 Å². The average molecular weight is 318 g/mol. The Morgan fingerprint density at radius 3 is 1.67 bits per heavy atom. The van der Waals surface area contributed by atoms with Crippen LogP contribution in [0.3, 0.4) is 0 Å². The molecule has 5 heteroatoms. The molecule has 0 aliphatic carbocycles. The van der Waals surface area contributed by atoms with Crippen molar-refractivity contribution in [3.63, 3.8) is 0 Å². The Kier molecular flexibility index (Phi) is 11.6. The van der Waals surface area contributed by atoms with E-state index in [-0.39, 0.29) is 12.8 Å². The lowest BCUT2D eigenvalue weighted by Gasteiger charge is -2.21. The number of carboxylic acids is 1. The second-order valence-electron chi connectivity index (χ2n) is 5.92. The predicted molar refractivity (Wildman–Crippen MR) is 85.4 cm³/mol. The highest BCUT2D eigenvalue weighted by molar-refractivity contribution is 7.34. The van der Waals surface area contributed by atoms with Crippen molar-refractivity contribution in [1.29, 1.82) is 0 Å². The third-order valence-electron chi connectivity index (χ3n) is 4.14. The van der Waals surface area contributed by atoms with Gasteiger partial charge in [0.2, 0.25) is 0 Å². The van der Waals surface area contributed by atoms with Crippen LogP contribution in [0.2, 0.25) is 0 Å². The van der Waals surface area contributed by atoms with Crippen molar-refractivity contribution in [2.45, 2.75) is 96.1 Å². The largest absolute Gasteiger partial charge is 0.480 e. The lowest BCUT2D eigenvalue weighted by Crippen LogP contribution is -2.33. The fourth-order valence-electron chi connectivity index (χ4n) is 2.62. The van der Waals surface area contributed by atoms with Gasteiger partial charge in [0.1, 0.15) is 0 Å². The minimum atomic E-state index is -2.93. The molecular formula is C16H31O4P. The van der Waals surface area contributed by atoms with Crippen LogP contribution < -0.4 is 0 Å². The van der Waals surface area contributed by atoms with Gasteiger partial charge in [0, 0.05) is 0 Å². The quantitative estimate of drug-likeness (QED) is 0.329. The van der Waals surface area contributed by atoms with E-state index in [9.17, 15) is 19.0 Å². The molecule has 124 valence electrons. The molecule has 0 rings (SSSR count). The number of unbranched alkanes of at least 4 members (excludes halogenated alkanes) is 8. The number of carboxylic acid groups (broad SMARTS) is 1. The van der Waals surface area contributed by atoms with Crippen LogP contribution in [0, 0.1) is 0 Å². The van der Waals surface area contributed by atoms with Gasteiger partial charge < -0.3 is 5.11 Å². The number of hydrogen-bond acceptors (Lipinski definition) is 3. The summed E-state index contributed by atoms with van der Waals surface area (Å²) in [5, 5.41) is 7.80. The predicted octanol–water partition coefficient (Wildman–Crippen LogP) is 5.70. The van der Waals surface area contributed by atoms with Gasteiger partial charge in [0.25, 0.3) is 0 Å². The molecule has 0 amide bonds. The highest BCUT2D eigenvalue weighted by atomic mass is 31.1. The molecular weight excluding hydrogens is 287 g/mol. The summed E-state index contributed by atoms with van der Waals surface area (Å²) in [6.07, 6.45) is 10.8. The van der Waals surface area contributed by atoms with Gasteiger partial charge in [-0.2, -0.15) is 0 Å². The molecule has 21 heavy (non-hydrogen) atoms. The van der Waals surface area contributed by atoms with Gasteiger partial charge in [-0.3, -0.25) is 4.79 Å². The van der Waals surface area contributed by atoms with E-state index in [2.05, 4.69) is 6.92 Å². The molecule has 0 aliphatic heterocycles. The van der Waals surface area contributed by atoms with Crippen LogP contribution in [0.15, 0.2) is 0 Å². The molecule has 0 aliphatic rings. The third kappa shape index (κ3) is 7.80. The van der Waals surface area contributed by atoms with E-state index in [4.69, 9.17) is 0 Å². The van der Waals surface area contributed by atoms with E-state index >= 15 is 0 Å². The van der Waals surface area contributed by atoms with Gasteiger partial charge >= 0.3 is 13.6 Å².